The molecule has 320 valence electrons. The summed E-state index contributed by atoms with van der Waals surface area (Å²) < 4.78 is 58.2. The van der Waals surface area contributed by atoms with Gasteiger partial charge in [-0.15, -0.1) is 5.39 Å². The van der Waals surface area contributed by atoms with E-state index in [1.54, 1.807) is 6.07 Å². The summed E-state index contributed by atoms with van der Waals surface area (Å²) in [6.45, 7) is 5.84. The molecule has 0 aliphatic carbocycles. The van der Waals surface area contributed by atoms with Crippen LogP contribution in [0.5, 0.6) is 11.6 Å². The van der Waals surface area contributed by atoms with Crippen molar-refractivity contribution in [3.8, 4) is 45.3 Å². The summed E-state index contributed by atoms with van der Waals surface area (Å²) in [4.78, 5) is 6.97. The fourth-order valence-electron chi connectivity index (χ4n) is 9.44. The van der Waals surface area contributed by atoms with Crippen LogP contribution in [0.15, 0.2) is 200 Å². The summed E-state index contributed by atoms with van der Waals surface area (Å²) in [7, 11) is 0. The number of fused-ring (bicyclic) bond motifs is 4. The second kappa shape index (κ2) is 15.9. The smallest absolute Gasteiger partial charge is 0.174 e. The molecule has 0 spiro atoms. The Morgan fingerprint density at radius 1 is 0.652 bits per heavy atom. The Morgan fingerprint density at radius 2 is 1.33 bits per heavy atom. The maximum absolute atomic E-state index is 9.16. The van der Waals surface area contributed by atoms with Crippen molar-refractivity contribution < 1.29 is 30.9 Å². The Bertz CT molecular complexity index is 4000. The molecule has 3 aromatic heterocycles. The first-order valence-corrected chi connectivity index (χ1v) is 23.0. The van der Waals surface area contributed by atoms with E-state index < -0.39 is 25.1 Å². The molecule has 0 amide bonds. The number of nitrogens with zero attached hydrogens (tertiary/aromatic N) is 5. The van der Waals surface area contributed by atoms with Gasteiger partial charge in [0.1, 0.15) is 0 Å². The standard InChI is InChI=1S/C58H42BN5O.Pt/c1-58(2,3)42-22-14-21-41(37-42)47-29-16-28-46(40-19-6-4-7-20-40)56(47)62-39-61(51-32-12-13-33-52(51)62)44-25-15-26-45(38-44)65-55-36-18-35-54(60-55)63-53-34-17-30-49-48-27-10-11-31-50(48)64(57(49)53)59(63)43-23-8-5-9-24-43;/h4-33,35-37H,1-3H3;/q-2;/i5D,8D,9D,23D,24D;. The quantitative estimate of drug-likeness (QED) is 0.112. The van der Waals surface area contributed by atoms with Crippen LogP contribution < -0.4 is 15.0 Å². The van der Waals surface area contributed by atoms with E-state index in [0.717, 1.165) is 70.3 Å². The van der Waals surface area contributed by atoms with Crippen LogP contribution in [0, 0.1) is 15.9 Å². The van der Waals surface area contributed by atoms with E-state index in [9.17, 15) is 0 Å². The zero-order valence-corrected chi connectivity index (χ0v) is 38.5. The molecule has 0 saturated heterocycles. The fraction of sp³-hybridized carbons (Fsp3) is 0.0690. The van der Waals surface area contributed by atoms with Gasteiger partial charge >= 0.3 is 314 Å². The minimum absolute atomic E-state index is 0.0371. The summed E-state index contributed by atoms with van der Waals surface area (Å²) in [6, 6.07) is 62.6. The zero-order valence-electron chi connectivity index (χ0n) is 41.2. The van der Waals surface area contributed by atoms with Crippen molar-refractivity contribution in [2.24, 2.45) is 0 Å². The molecule has 0 unspecified atom stereocenters. The summed E-state index contributed by atoms with van der Waals surface area (Å²) in [5, 5.41) is 1.94. The molecule has 0 radical (unpaired) electrons. The number of anilines is 2. The van der Waals surface area contributed by atoms with Crippen LogP contribution in [0.25, 0.3) is 66.5 Å². The van der Waals surface area contributed by atoms with Gasteiger partial charge in [0.25, 0.3) is 0 Å². The number of hydrogen-bond acceptors (Lipinski definition) is 3. The number of para-hydroxylation sites is 4. The van der Waals surface area contributed by atoms with Crippen LogP contribution in [0.3, 0.4) is 0 Å². The molecule has 8 heteroatoms. The van der Waals surface area contributed by atoms with E-state index in [1.165, 1.54) is 5.56 Å². The third-order valence-electron chi connectivity index (χ3n) is 12.4. The Morgan fingerprint density at radius 3 is 2.14 bits per heavy atom. The average Bonchev–Trinajstić information content (AvgIpc) is 4.02. The summed E-state index contributed by atoms with van der Waals surface area (Å²) in [5.74, 6) is 1.16. The molecule has 66 heavy (non-hydrogen) atoms. The molecule has 0 fully saturated rings. The molecule has 0 bridgehead atoms. The van der Waals surface area contributed by atoms with Crippen LogP contribution in [0.4, 0.5) is 11.5 Å². The molecule has 11 aromatic rings. The third-order valence-corrected chi connectivity index (χ3v) is 13.4. The molecule has 0 atom stereocenters. The monoisotopic (exact) mass is 1040 g/mol. The van der Waals surface area contributed by atoms with Gasteiger partial charge in [-0.25, -0.2) is 0 Å². The predicted molar refractivity (Wildman–Crippen MR) is 266 cm³/mol. The molecule has 1 aliphatic rings. The second-order valence-corrected chi connectivity index (χ2v) is 18.4. The summed E-state index contributed by atoms with van der Waals surface area (Å²) in [5.41, 5.74) is 12.0. The summed E-state index contributed by atoms with van der Waals surface area (Å²) >= 11 is 2.44. The maximum atomic E-state index is 9.16. The molecule has 6 nitrogen and oxygen atoms in total. The minimum atomic E-state index is -0.900. The third kappa shape index (κ3) is 6.60. The first-order valence-electron chi connectivity index (χ1n) is 24.3. The van der Waals surface area contributed by atoms with Crippen LogP contribution >= 0.6 is 0 Å². The fourth-order valence-corrected chi connectivity index (χ4v) is 10.5. The van der Waals surface area contributed by atoms with E-state index in [-0.39, 0.29) is 28.8 Å². The zero-order chi connectivity index (χ0) is 48.9. The normalized spacial score (nSPS) is 13.6. The molecule has 12 rings (SSSR count). The number of aromatic nitrogens is 4. The van der Waals surface area contributed by atoms with Crippen molar-refractivity contribution in [3.05, 3.63) is 222 Å². The van der Waals surface area contributed by atoms with Gasteiger partial charge in [-0.2, -0.15) is 12.1 Å². The van der Waals surface area contributed by atoms with Gasteiger partial charge in [-0.3, -0.25) is 0 Å². The van der Waals surface area contributed by atoms with Gasteiger partial charge in [-0.05, 0) is 11.5 Å². The molecular formula is C58H42BN5OPt-2. The van der Waals surface area contributed by atoms with E-state index in [1.807, 2.05) is 82.1 Å². The summed E-state index contributed by atoms with van der Waals surface area (Å²) in [6.07, 6.45) is 0. The number of ether oxygens (including phenoxy) is 1. The van der Waals surface area contributed by atoms with Crippen LogP contribution in [-0.4, -0.2) is 25.6 Å². The van der Waals surface area contributed by atoms with E-state index in [2.05, 4.69) is 152 Å². The van der Waals surface area contributed by atoms with Crippen LogP contribution in [0.1, 0.15) is 33.2 Å². The molecule has 8 aromatic carbocycles. The van der Waals surface area contributed by atoms with Crippen molar-refractivity contribution in [1.82, 2.24) is 18.6 Å². The van der Waals surface area contributed by atoms with Crippen molar-refractivity contribution >= 4 is 56.8 Å². The topological polar surface area (TPSA) is 40.1 Å². The number of imidazole rings is 1. The number of hydrogen-bond donors (Lipinski definition) is 0. The van der Waals surface area contributed by atoms with Gasteiger partial charge in [0.05, 0.1) is 6.85 Å². The van der Waals surface area contributed by atoms with Crippen LogP contribution in [0.2, 0.25) is 0 Å². The van der Waals surface area contributed by atoms with Gasteiger partial charge in [-0.1, -0.05) is 48.4 Å². The first-order chi connectivity index (χ1) is 34.4. The minimum Gasteiger partial charge on any atom is -0.174 e. The molecule has 1 aliphatic heterocycles. The average molecular weight is 1040 g/mol. The molecule has 4 heterocycles. The molecular weight excluding hydrogens is 989 g/mol. The van der Waals surface area contributed by atoms with E-state index in [4.69, 9.17) is 16.6 Å². The second-order valence-electron chi connectivity index (χ2n) is 17.4. The first kappa shape index (κ1) is 34.9. The van der Waals surface area contributed by atoms with Gasteiger partial charge in [0.15, 0.2) is 0 Å². The Kier molecular flexibility index (Phi) is 8.40. The Balaban J connectivity index is 0.979. The molecule has 0 N–H and O–H groups in total. The Labute approximate surface area is 402 Å². The van der Waals surface area contributed by atoms with Crippen molar-refractivity contribution in [3.63, 3.8) is 0 Å². The number of pyridine rings is 1. The van der Waals surface area contributed by atoms with Gasteiger partial charge in [0.2, 0.25) is 0 Å². The predicted octanol–water partition coefficient (Wildman–Crippen LogP) is 13.4. The van der Waals surface area contributed by atoms with Crippen molar-refractivity contribution in [1.29, 1.82) is 0 Å². The number of benzene rings is 8. The van der Waals surface area contributed by atoms with Crippen LogP contribution in [-0.2, 0) is 24.8 Å². The van der Waals surface area contributed by atoms with E-state index >= 15 is 0 Å². The molecule has 0 saturated carbocycles. The van der Waals surface area contributed by atoms with E-state index in [0.29, 0.717) is 17.3 Å². The van der Waals surface area contributed by atoms with Crippen molar-refractivity contribution in [2.75, 3.05) is 4.81 Å². The van der Waals surface area contributed by atoms with Gasteiger partial charge < -0.3 is 0 Å². The number of rotatable bonds is 8. The van der Waals surface area contributed by atoms with Crippen molar-refractivity contribution in [2.45, 2.75) is 26.2 Å². The van der Waals surface area contributed by atoms with Gasteiger partial charge in [0, 0.05) is 5.52 Å². The Hall–Kier alpha value is -7.47. The SMILES string of the molecule is [2H]c1c([2H])c([2H])c(B2N(c3cccc(Oc4[c-]c(-n5[c](=[Pt])n(-c6c(-c7ccccc7)cccc6-c6cccc(C(C)(C)C)c6)c6ccccc65)ccc4)n3)c3[c-]ccc4c5ccccc5n2c34)c([2H])c1[2H].